The van der Waals surface area contributed by atoms with E-state index in [9.17, 15) is 4.79 Å². The Hall–Kier alpha value is -1.87. The molecule has 3 heteroatoms. The van der Waals surface area contributed by atoms with E-state index in [2.05, 4.69) is 65.8 Å². The fourth-order valence-electron chi connectivity index (χ4n) is 3.88. The highest BCUT2D eigenvalue weighted by atomic mass is 79.9. The molecule has 1 fully saturated rings. The van der Waals surface area contributed by atoms with Gasteiger partial charge in [-0.15, -0.1) is 6.58 Å². The number of rotatable bonds is 5. The minimum Gasteiger partial charge on any atom is -0.336 e. The van der Waals surface area contributed by atoms with Crippen LogP contribution in [-0.4, -0.2) is 17.4 Å². The first-order valence-corrected chi connectivity index (χ1v) is 9.56. The van der Waals surface area contributed by atoms with E-state index in [4.69, 9.17) is 0 Å². The summed E-state index contributed by atoms with van der Waals surface area (Å²) >= 11 is 3.47. The van der Waals surface area contributed by atoms with E-state index in [1.807, 2.05) is 29.2 Å². The Morgan fingerprint density at radius 3 is 2.48 bits per heavy atom. The third-order valence-electron chi connectivity index (χ3n) is 5.38. The van der Waals surface area contributed by atoms with E-state index in [-0.39, 0.29) is 17.4 Å². The Kier molecular flexibility index (Phi) is 5.43. The van der Waals surface area contributed by atoms with Crippen molar-refractivity contribution in [1.82, 2.24) is 4.90 Å². The van der Waals surface area contributed by atoms with Gasteiger partial charge in [0.2, 0.25) is 5.91 Å². The molecule has 2 aromatic carbocycles. The van der Waals surface area contributed by atoms with Gasteiger partial charge in [0.15, 0.2) is 0 Å². The third-order valence-corrected chi connectivity index (χ3v) is 5.91. The average molecular weight is 398 g/mol. The van der Waals surface area contributed by atoms with Gasteiger partial charge in [-0.2, -0.15) is 0 Å². The number of hydrogen-bond donors (Lipinski definition) is 0. The number of amides is 1. The number of carbonyl (C=O) groups is 1. The van der Waals surface area contributed by atoms with E-state index < -0.39 is 0 Å². The van der Waals surface area contributed by atoms with Gasteiger partial charge in [0.1, 0.15) is 0 Å². The first kappa shape index (κ1) is 17.9. The summed E-state index contributed by atoms with van der Waals surface area (Å²) in [5, 5.41) is 0. The number of allylic oxidation sites excluding steroid dienone is 1. The Labute approximate surface area is 158 Å². The van der Waals surface area contributed by atoms with Crippen LogP contribution in [0.1, 0.15) is 43.4 Å². The molecule has 1 amide bonds. The van der Waals surface area contributed by atoms with Gasteiger partial charge in [0.25, 0.3) is 0 Å². The molecule has 0 N–H and O–H groups in total. The zero-order valence-electron chi connectivity index (χ0n) is 14.6. The minimum absolute atomic E-state index is 0.0955. The highest BCUT2D eigenvalue weighted by Crippen LogP contribution is 2.41. The summed E-state index contributed by atoms with van der Waals surface area (Å²) < 4.78 is 1.06. The molecule has 2 nitrogen and oxygen atoms in total. The van der Waals surface area contributed by atoms with Crippen LogP contribution in [0.15, 0.2) is 71.7 Å². The van der Waals surface area contributed by atoms with Crippen molar-refractivity contribution in [3.05, 3.63) is 82.9 Å². The van der Waals surface area contributed by atoms with E-state index in [0.717, 1.165) is 23.9 Å². The van der Waals surface area contributed by atoms with Gasteiger partial charge in [0.05, 0.1) is 6.04 Å². The van der Waals surface area contributed by atoms with Crippen LogP contribution in [0.3, 0.4) is 0 Å². The highest BCUT2D eigenvalue weighted by molar-refractivity contribution is 9.10. The minimum atomic E-state index is -0.115. The fourth-order valence-corrected chi connectivity index (χ4v) is 4.14. The molecule has 25 heavy (non-hydrogen) atoms. The van der Waals surface area contributed by atoms with Gasteiger partial charge in [-0.05, 0) is 43.0 Å². The second kappa shape index (κ2) is 7.57. The van der Waals surface area contributed by atoms with Gasteiger partial charge in [0, 0.05) is 22.9 Å². The lowest BCUT2D eigenvalue weighted by molar-refractivity contribution is -0.138. The maximum atomic E-state index is 13.0. The summed E-state index contributed by atoms with van der Waals surface area (Å²) in [6, 6.07) is 18.8. The number of piperidine rings is 1. The Morgan fingerprint density at radius 1 is 1.20 bits per heavy atom. The first-order chi connectivity index (χ1) is 12.1. The van der Waals surface area contributed by atoms with Crippen LogP contribution in [0.4, 0.5) is 0 Å². The lowest BCUT2D eigenvalue weighted by Crippen LogP contribution is -2.47. The van der Waals surface area contributed by atoms with Crippen LogP contribution in [-0.2, 0) is 10.2 Å². The van der Waals surface area contributed by atoms with Crippen LogP contribution >= 0.6 is 15.9 Å². The molecule has 0 aromatic heterocycles. The van der Waals surface area contributed by atoms with Crippen LogP contribution in [0, 0.1) is 0 Å². The smallest absolute Gasteiger partial charge is 0.223 e. The quantitative estimate of drug-likeness (QED) is 0.597. The van der Waals surface area contributed by atoms with Gasteiger partial charge < -0.3 is 4.90 Å². The summed E-state index contributed by atoms with van der Waals surface area (Å²) in [6.07, 6.45) is 4.30. The van der Waals surface area contributed by atoms with Crippen LogP contribution in [0.25, 0.3) is 0 Å². The predicted molar refractivity (Wildman–Crippen MR) is 106 cm³/mol. The number of hydrogen-bond acceptors (Lipinski definition) is 1. The van der Waals surface area contributed by atoms with Crippen LogP contribution < -0.4 is 0 Å². The van der Waals surface area contributed by atoms with Crippen molar-refractivity contribution in [3.63, 3.8) is 0 Å². The van der Waals surface area contributed by atoms with Gasteiger partial charge in [-0.25, -0.2) is 0 Å². The Bertz CT molecular complexity index is 740. The highest BCUT2D eigenvalue weighted by Gasteiger charge is 2.40. The zero-order valence-corrected chi connectivity index (χ0v) is 16.2. The summed E-state index contributed by atoms with van der Waals surface area (Å²) in [5.41, 5.74) is 2.31. The summed E-state index contributed by atoms with van der Waals surface area (Å²) in [5.74, 6) is 0.229. The standard InChI is InChI=1S/C22H24BrNO/c1-3-13-22(19-7-5-4-6-8-19)14-15-24(21(25)16-22)17(2)18-9-11-20(23)12-10-18/h3-12,17H,1,13-16H2,2H3/t17-,22?/m0/s1. The second-order valence-electron chi connectivity index (χ2n) is 6.88. The number of halogens is 1. The largest absolute Gasteiger partial charge is 0.336 e. The molecule has 0 radical (unpaired) electrons. The molecular weight excluding hydrogens is 374 g/mol. The molecule has 1 saturated heterocycles. The average Bonchev–Trinajstić information content (AvgIpc) is 2.63. The molecule has 3 rings (SSSR count). The third kappa shape index (κ3) is 3.72. The topological polar surface area (TPSA) is 20.3 Å². The summed E-state index contributed by atoms with van der Waals surface area (Å²) in [7, 11) is 0. The molecular formula is C22H24BrNO. The molecule has 0 aliphatic carbocycles. The molecule has 1 unspecified atom stereocenters. The van der Waals surface area contributed by atoms with E-state index in [1.165, 1.54) is 11.1 Å². The van der Waals surface area contributed by atoms with Crippen molar-refractivity contribution in [2.75, 3.05) is 6.54 Å². The number of carbonyl (C=O) groups excluding carboxylic acids is 1. The maximum Gasteiger partial charge on any atom is 0.223 e. The molecule has 130 valence electrons. The van der Waals surface area contributed by atoms with Crippen molar-refractivity contribution in [3.8, 4) is 0 Å². The molecule has 0 saturated carbocycles. The lowest BCUT2D eigenvalue weighted by atomic mass is 9.70. The number of nitrogens with zero attached hydrogens (tertiary/aromatic N) is 1. The molecule has 2 atom stereocenters. The van der Waals surface area contributed by atoms with Gasteiger partial charge in [-0.1, -0.05) is 64.5 Å². The SMILES string of the molecule is C=CCC1(c2ccccc2)CCN([C@@H](C)c2ccc(Br)cc2)C(=O)C1. The zero-order chi connectivity index (χ0) is 17.9. The van der Waals surface area contributed by atoms with E-state index in [0.29, 0.717) is 6.42 Å². The fraction of sp³-hybridized carbons (Fsp3) is 0.318. The molecule has 1 heterocycles. The van der Waals surface area contributed by atoms with Crippen molar-refractivity contribution in [2.45, 2.75) is 37.6 Å². The Balaban J connectivity index is 1.82. The molecule has 1 aliphatic heterocycles. The molecule has 1 aliphatic rings. The Morgan fingerprint density at radius 2 is 1.88 bits per heavy atom. The van der Waals surface area contributed by atoms with Gasteiger partial charge in [-0.3, -0.25) is 4.79 Å². The van der Waals surface area contributed by atoms with Crippen molar-refractivity contribution >= 4 is 21.8 Å². The second-order valence-corrected chi connectivity index (χ2v) is 7.80. The molecule has 2 aromatic rings. The number of likely N-dealkylation sites (tertiary alicyclic amines) is 1. The monoisotopic (exact) mass is 397 g/mol. The molecule has 0 bridgehead atoms. The van der Waals surface area contributed by atoms with E-state index in [1.54, 1.807) is 0 Å². The van der Waals surface area contributed by atoms with Crippen molar-refractivity contribution < 1.29 is 4.79 Å². The van der Waals surface area contributed by atoms with E-state index >= 15 is 0 Å². The summed E-state index contributed by atoms with van der Waals surface area (Å²) in [4.78, 5) is 15.0. The normalized spacial score (nSPS) is 21.8. The maximum absolute atomic E-state index is 13.0. The van der Waals surface area contributed by atoms with Crippen molar-refractivity contribution in [1.29, 1.82) is 0 Å². The first-order valence-electron chi connectivity index (χ1n) is 8.77. The summed E-state index contributed by atoms with van der Waals surface area (Å²) in [6.45, 7) is 6.82. The van der Waals surface area contributed by atoms with Gasteiger partial charge >= 0.3 is 0 Å². The lowest BCUT2D eigenvalue weighted by Gasteiger charge is -2.43. The van der Waals surface area contributed by atoms with Crippen LogP contribution in [0.5, 0.6) is 0 Å². The predicted octanol–water partition coefficient (Wildman–Crippen LogP) is 5.65. The molecule has 0 spiro atoms. The van der Waals surface area contributed by atoms with Crippen LogP contribution in [0.2, 0.25) is 0 Å². The number of benzene rings is 2. The van der Waals surface area contributed by atoms with Crippen molar-refractivity contribution in [2.24, 2.45) is 0 Å².